The molecule has 0 amide bonds. The summed E-state index contributed by atoms with van der Waals surface area (Å²) in [6.45, 7) is -0.734. The minimum Gasteiger partial charge on any atom is -0.434 e. The number of aryl methyl sites for hydroxylation is 1. The Morgan fingerprint density at radius 2 is 1.71 bits per heavy atom. The summed E-state index contributed by atoms with van der Waals surface area (Å²) in [4.78, 5) is 0. The molecule has 0 aromatic heterocycles. The van der Waals surface area contributed by atoms with Gasteiger partial charge in [-0.2, -0.15) is 8.78 Å². The number of nitrogens with one attached hydrogen (secondary N) is 1. The first-order chi connectivity index (χ1) is 10.2. The van der Waals surface area contributed by atoms with Crippen LogP contribution in [0.15, 0.2) is 48.5 Å². The molecule has 21 heavy (non-hydrogen) atoms. The molecule has 2 rings (SSSR count). The number of hydrogen-bond donors (Lipinski definition) is 1. The van der Waals surface area contributed by atoms with Crippen molar-refractivity contribution in [2.24, 2.45) is 0 Å². The molecule has 1 unspecified atom stereocenters. The summed E-state index contributed by atoms with van der Waals surface area (Å²) in [5.74, 6) is 0.200. The smallest absolute Gasteiger partial charge is 0.387 e. The van der Waals surface area contributed by atoms with E-state index in [0.717, 1.165) is 12.0 Å². The Labute approximate surface area is 123 Å². The standard InChI is InChI=1S/C17H19F2NO/c1-3-12-8-10-13(11-9-12)16(20-2)14-6-4-5-7-15(14)21-17(18)19/h4-11,16-17,20H,3H2,1-2H3. The lowest BCUT2D eigenvalue weighted by Gasteiger charge is -2.20. The zero-order valence-corrected chi connectivity index (χ0v) is 12.1. The minimum absolute atomic E-state index is 0.189. The van der Waals surface area contributed by atoms with E-state index in [0.29, 0.717) is 5.56 Å². The van der Waals surface area contributed by atoms with Gasteiger partial charge in [0.1, 0.15) is 5.75 Å². The van der Waals surface area contributed by atoms with Crippen LogP contribution < -0.4 is 10.1 Å². The third kappa shape index (κ3) is 3.79. The molecule has 2 nitrogen and oxygen atoms in total. The van der Waals surface area contributed by atoms with Crippen molar-refractivity contribution >= 4 is 0 Å². The maximum atomic E-state index is 12.5. The lowest BCUT2D eigenvalue weighted by molar-refractivity contribution is -0.0506. The van der Waals surface area contributed by atoms with Crippen LogP contribution in [0.2, 0.25) is 0 Å². The zero-order valence-electron chi connectivity index (χ0n) is 12.1. The number of alkyl halides is 2. The summed E-state index contributed by atoms with van der Waals surface area (Å²) in [7, 11) is 1.80. The van der Waals surface area contributed by atoms with E-state index < -0.39 is 6.61 Å². The maximum Gasteiger partial charge on any atom is 0.387 e. The van der Waals surface area contributed by atoms with Gasteiger partial charge in [0.2, 0.25) is 0 Å². The molecule has 0 aliphatic heterocycles. The Kier molecular flexibility index (Phi) is 5.28. The van der Waals surface area contributed by atoms with E-state index in [1.54, 1.807) is 25.2 Å². The average Bonchev–Trinajstić information content (AvgIpc) is 2.50. The largest absolute Gasteiger partial charge is 0.434 e. The second-order valence-electron chi connectivity index (χ2n) is 4.73. The van der Waals surface area contributed by atoms with Crippen LogP contribution in [0.4, 0.5) is 8.78 Å². The van der Waals surface area contributed by atoms with Gasteiger partial charge in [-0.15, -0.1) is 0 Å². The molecular formula is C17H19F2NO. The molecule has 2 aromatic carbocycles. The molecule has 0 heterocycles. The van der Waals surface area contributed by atoms with E-state index >= 15 is 0 Å². The van der Waals surface area contributed by atoms with Crippen molar-refractivity contribution in [3.05, 3.63) is 65.2 Å². The van der Waals surface area contributed by atoms with E-state index in [1.165, 1.54) is 5.56 Å². The van der Waals surface area contributed by atoms with Gasteiger partial charge >= 0.3 is 6.61 Å². The highest BCUT2D eigenvalue weighted by atomic mass is 19.3. The maximum absolute atomic E-state index is 12.5. The molecule has 0 fully saturated rings. The average molecular weight is 291 g/mol. The number of ether oxygens (including phenoxy) is 1. The first-order valence-electron chi connectivity index (χ1n) is 6.95. The fourth-order valence-electron chi connectivity index (χ4n) is 2.37. The predicted octanol–water partition coefficient (Wildman–Crippen LogP) is 4.16. The fraction of sp³-hybridized carbons (Fsp3) is 0.294. The van der Waals surface area contributed by atoms with Crippen LogP contribution in [-0.4, -0.2) is 13.7 Å². The summed E-state index contributed by atoms with van der Waals surface area (Å²) in [5, 5.41) is 3.16. The normalized spacial score (nSPS) is 12.4. The molecule has 1 N–H and O–H groups in total. The lowest BCUT2D eigenvalue weighted by atomic mass is 9.96. The van der Waals surface area contributed by atoms with Crippen molar-refractivity contribution in [1.82, 2.24) is 5.32 Å². The summed E-state index contributed by atoms with van der Waals surface area (Å²) in [6, 6.07) is 14.8. The molecule has 0 aliphatic carbocycles. The Bertz CT molecular complexity index is 569. The van der Waals surface area contributed by atoms with Crippen LogP contribution in [0.25, 0.3) is 0 Å². The van der Waals surface area contributed by atoms with Gasteiger partial charge < -0.3 is 10.1 Å². The van der Waals surface area contributed by atoms with E-state index in [-0.39, 0.29) is 11.8 Å². The van der Waals surface area contributed by atoms with Crippen LogP contribution in [0.3, 0.4) is 0 Å². The third-order valence-electron chi connectivity index (χ3n) is 3.46. The summed E-state index contributed by atoms with van der Waals surface area (Å²) >= 11 is 0. The lowest BCUT2D eigenvalue weighted by Crippen LogP contribution is -2.19. The molecule has 4 heteroatoms. The quantitative estimate of drug-likeness (QED) is 0.863. The van der Waals surface area contributed by atoms with Gasteiger partial charge in [-0.05, 0) is 30.7 Å². The van der Waals surface area contributed by atoms with Gasteiger partial charge in [0, 0.05) is 5.56 Å². The van der Waals surface area contributed by atoms with E-state index in [4.69, 9.17) is 0 Å². The van der Waals surface area contributed by atoms with Crippen molar-refractivity contribution in [1.29, 1.82) is 0 Å². The summed E-state index contributed by atoms with van der Waals surface area (Å²) in [5.41, 5.74) is 2.95. The first kappa shape index (κ1) is 15.4. The highest BCUT2D eigenvalue weighted by Gasteiger charge is 2.18. The second kappa shape index (κ2) is 7.18. The molecule has 0 aliphatic rings. The van der Waals surface area contributed by atoms with Crippen molar-refractivity contribution in [2.75, 3.05) is 7.05 Å². The molecule has 0 saturated heterocycles. The number of para-hydroxylation sites is 1. The van der Waals surface area contributed by atoms with Gasteiger partial charge in [-0.25, -0.2) is 0 Å². The minimum atomic E-state index is -2.83. The zero-order chi connectivity index (χ0) is 15.2. The molecule has 0 radical (unpaired) electrons. The second-order valence-corrected chi connectivity index (χ2v) is 4.73. The Morgan fingerprint density at radius 3 is 2.29 bits per heavy atom. The molecule has 0 spiro atoms. The van der Waals surface area contributed by atoms with Crippen LogP contribution in [0.5, 0.6) is 5.75 Å². The monoisotopic (exact) mass is 291 g/mol. The van der Waals surface area contributed by atoms with Gasteiger partial charge in [0.25, 0.3) is 0 Å². The number of hydrogen-bond acceptors (Lipinski definition) is 2. The highest BCUT2D eigenvalue weighted by Crippen LogP contribution is 2.30. The highest BCUT2D eigenvalue weighted by molar-refractivity contribution is 5.42. The van der Waals surface area contributed by atoms with Crippen molar-refractivity contribution in [2.45, 2.75) is 26.0 Å². The van der Waals surface area contributed by atoms with Gasteiger partial charge in [-0.3, -0.25) is 0 Å². The topological polar surface area (TPSA) is 21.3 Å². The van der Waals surface area contributed by atoms with E-state index in [1.807, 2.05) is 18.2 Å². The number of benzene rings is 2. The van der Waals surface area contributed by atoms with Crippen molar-refractivity contribution in [3.8, 4) is 5.75 Å². The Hall–Kier alpha value is -1.94. The SMILES string of the molecule is CCc1ccc(C(NC)c2ccccc2OC(F)F)cc1. The first-order valence-corrected chi connectivity index (χ1v) is 6.95. The van der Waals surface area contributed by atoms with E-state index in [2.05, 4.69) is 29.1 Å². The van der Waals surface area contributed by atoms with Gasteiger partial charge in [0.05, 0.1) is 6.04 Å². The third-order valence-corrected chi connectivity index (χ3v) is 3.46. The Balaban J connectivity index is 2.36. The predicted molar refractivity (Wildman–Crippen MR) is 79.8 cm³/mol. The summed E-state index contributed by atoms with van der Waals surface area (Å²) < 4.78 is 29.7. The summed E-state index contributed by atoms with van der Waals surface area (Å²) in [6.07, 6.45) is 0.968. The number of rotatable bonds is 6. The van der Waals surface area contributed by atoms with Crippen molar-refractivity contribution < 1.29 is 13.5 Å². The van der Waals surface area contributed by atoms with Gasteiger partial charge in [-0.1, -0.05) is 49.4 Å². The molecular weight excluding hydrogens is 272 g/mol. The molecule has 1 atom stereocenters. The fourth-order valence-corrected chi connectivity index (χ4v) is 2.37. The van der Waals surface area contributed by atoms with Crippen LogP contribution in [0.1, 0.15) is 29.7 Å². The number of halogens is 2. The van der Waals surface area contributed by atoms with Gasteiger partial charge in [0.15, 0.2) is 0 Å². The Morgan fingerprint density at radius 1 is 1.05 bits per heavy atom. The molecule has 0 saturated carbocycles. The van der Waals surface area contributed by atoms with Crippen LogP contribution >= 0.6 is 0 Å². The van der Waals surface area contributed by atoms with Crippen LogP contribution in [-0.2, 0) is 6.42 Å². The molecule has 112 valence electrons. The van der Waals surface area contributed by atoms with Crippen LogP contribution in [0, 0.1) is 0 Å². The van der Waals surface area contributed by atoms with E-state index in [9.17, 15) is 8.78 Å². The van der Waals surface area contributed by atoms with Crippen molar-refractivity contribution in [3.63, 3.8) is 0 Å². The molecule has 0 bridgehead atoms. The molecule has 2 aromatic rings.